The average Bonchev–Trinajstić information content (AvgIpc) is 2.69. The molecule has 1 rings (SSSR count). The van der Waals surface area contributed by atoms with Gasteiger partial charge >= 0.3 is 23.9 Å². The van der Waals surface area contributed by atoms with Gasteiger partial charge in [-0.3, -0.25) is 0 Å². The van der Waals surface area contributed by atoms with Gasteiger partial charge < -0.3 is 19.3 Å². The molecule has 0 amide bonds. The van der Waals surface area contributed by atoms with E-state index >= 15 is 0 Å². The second kappa shape index (κ2) is 11.6. The molecule has 8 nitrogen and oxygen atoms in total. The van der Waals surface area contributed by atoms with Crippen molar-refractivity contribution in [3.8, 4) is 0 Å². The van der Waals surface area contributed by atoms with Gasteiger partial charge in [0.25, 0.3) is 0 Å². The van der Waals surface area contributed by atoms with E-state index in [4.69, 9.17) is 14.6 Å². The van der Waals surface area contributed by atoms with Gasteiger partial charge in [-0.1, -0.05) is 25.3 Å². The van der Waals surface area contributed by atoms with Crippen LogP contribution in [0.15, 0.2) is 48.6 Å². The topological polar surface area (TPSA) is 116 Å². The van der Waals surface area contributed by atoms with Crippen molar-refractivity contribution in [2.45, 2.75) is 32.8 Å². The first-order valence-corrected chi connectivity index (χ1v) is 8.82. The number of aliphatic hydroxyl groups excluding tert-OH is 1. The molecule has 0 aliphatic rings. The fraction of sp³-hybridized carbons (Fsp3) is 0.333. The molecule has 0 aliphatic carbocycles. The molecule has 1 aromatic carbocycles. The first kappa shape index (κ1) is 23.8. The summed E-state index contributed by atoms with van der Waals surface area (Å²) in [6.45, 7) is 9.32. The summed E-state index contributed by atoms with van der Waals surface area (Å²) in [6, 6.07) is 5.66. The van der Waals surface area contributed by atoms with Crippen molar-refractivity contribution in [2.24, 2.45) is 0 Å². The van der Waals surface area contributed by atoms with Crippen molar-refractivity contribution in [3.63, 3.8) is 0 Å². The van der Waals surface area contributed by atoms with Gasteiger partial charge in [0.15, 0.2) is 0 Å². The third-order valence-electron chi connectivity index (χ3n) is 3.61. The number of hydrogen-bond donors (Lipinski definition) is 1. The van der Waals surface area contributed by atoms with E-state index in [1.165, 1.54) is 38.1 Å². The van der Waals surface area contributed by atoms with E-state index in [0.29, 0.717) is 6.42 Å². The smallest absolute Gasteiger partial charge is 0.346 e. The van der Waals surface area contributed by atoms with Crippen molar-refractivity contribution >= 4 is 23.9 Å². The second-order valence-corrected chi connectivity index (χ2v) is 6.27. The van der Waals surface area contributed by atoms with Crippen LogP contribution in [0.5, 0.6) is 0 Å². The van der Waals surface area contributed by atoms with Gasteiger partial charge in [0, 0.05) is 17.8 Å². The molecule has 29 heavy (non-hydrogen) atoms. The number of esters is 4. The Hall–Kier alpha value is -3.26. The number of aliphatic hydroxyl groups is 1. The molecule has 1 atom stereocenters. The van der Waals surface area contributed by atoms with Crippen LogP contribution in [0.4, 0.5) is 0 Å². The number of ether oxygens (including phenoxy) is 3. The summed E-state index contributed by atoms with van der Waals surface area (Å²) in [7, 11) is 0. The minimum atomic E-state index is -1.02. The first-order chi connectivity index (χ1) is 13.7. The first-order valence-electron chi connectivity index (χ1n) is 8.82. The molecule has 8 heteroatoms. The Morgan fingerprint density at radius 1 is 0.966 bits per heavy atom. The summed E-state index contributed by atoms with van der Waals surface area (Å²) in [6.07, 6.45) is -0.198. The second-order valence-electron chi connectivity index (χ2n) is 6.27. The summed E-state index contributed by atoms with van der Waals surface area (Å²) >= 11 is 0. The molecule has 0 fully saturated rings. The lowest BCUT2D eigenvalue weighted by atomic mass is 10.1. The van der Waals surface area contributed by atoms with Crippen LogP contribution in [0.25, 0.3) is 0 Å². The molecular formula is C21H24O8. The molecule has 1 unspecified atom stereocenters. The van der Waals surface area contributed by atoms with E-state index in [9.17, 15) is 19.2 Å². The van der Waals surface area contributed by atoms with Crippen LogP contribution in [-0.4, -0.2) is 48.3 Å². The zero-order chi connectivity index (χ0) is 22.0. The fourth-order valence-corrected chi connectivity index (χ4v) is 2.06. The number of hydrogen-bond acceptors (Lipinski definition) is 8. The third kappa shape index (κ3) is 7.71. The lowest BCUT2D eigenvalue weighted by Crippen LogP contribution is -2.26. The third-order valence-corrected chi connectivity index (χ3v) is 3.61. The molecule has 0 spiro atoms. The summed E-state index contributed by atoms with van der Waals surface area (Å²) in [4.78, 5) is 47.9. The highest BCUT2D eigenvalue weighted by Gasteiger charge is 2.23. The predicted molar refractivity (Wildman–Crippen MR) is 103 cm³/mol. The number of carbonyl (C=O) groups is 4. The molecule has 0 saturated carbocycles. The van der Waals surface area contributed by atoms with E-state index in [1.54, 1.807) is 0 Å². The zero-order valence-corrected chi connectivity index (χ0v) is 16.4. The number of rotatable bonds is 10. The van der Waals surface area contributed by atoms with Crippen LogP contribution in [-0.2, 0) is 23.8 Å². The SMILES string of the molecule is C=C(C)C(=O)OC(=O)c1ccccc1C(=O)OCC(CCCO)OC(=O)C(=C)C. The quantitative estimate of drug-likeness (QED) is 0.273. The van der Waals surface area contributed by atoms with Gasteiger partial charge in [-0.2, -0.15) is 0 Å². The van der Waals surface area contributed by atoms with Gasteiger partial charge in [-0.05, 0) is 38.8 Å². The number of benzene rings is 1. The normalized spacial score (nSPS) is 11.1. The highest BCUT2D eigenvalue weighted by atomic mass is 16.6. The van der Waals surface area contributed by atoms with Gasteiger partial charge in [-0.15, -0.1) is 0 Å². The van der Waals surface area contributed by atoms with Crippen molar-refractivity contribution in [2.75, 3.05) is 13.2 Å². The molecule has 1 N–H and O–H groups in total. The molecule has 1 aromatic rings. The molecule has 0 radical (unpaired) electrons. The minimum absolute atomic E-state index is 0.0319. The van der Waals surface area contributed by atoms with E-state index < -0.39 is 30.0 Å². The summed E-state index contributed by atoms with van der Waals surface area (Å²) < 4.78 is 15.0. The van der Waals surface area contributed by atoms with Crippen LogP contribution < -0.4 is 0 Å². The Balaban J connectivity index is 2.88. The largest absolute Gasteiger partial charge is 0.458 e. The molecule has 0 bridgehead atoms. The summed E-state index contributed by atoms with van der Waals surface area (Å²) in [5, 5.41) is 8.97. The average molecular weight is 404 g/mol. The van der Waals surface area contributed by atoms with Crippen molar-refractivity contribution in [1.29, 1.82) is 0 Å². The maximum Gasteiger partial charge on any atom is 0.346 e. The van der Waals surface area contributed by atoms with Crippen molar-refractivity contribution in [1.82, 2.24) is 0 Å². The monoisotopic (exact) mass is 404 g/mol. The van der Waals surface area contributed by atoms with Gasteiger partial charge in [0.2, 0.25) is 0 Å². The Labute approximate surface area is 168 Å². The van der Waals surface area contributed by atoms with Crippen LogP contribution >= 0.6 is 0 Å². The maximum absolute atomic E-state index is 12.4. The molecular weight excluding hydrogens is 380 g/mol. The van der Waals surface area contributed by atoms with Crippen molar-refractivity contribution in [3.05, 3.63) is 59.7 Å². The van der Waals surface area contributed by atoms with Gasteiger partial charge in [-0.25, -0.2) is 19.2 Å². The molecule has 0 aromatic heterocycles. The molecule has 0 heterocycles. The molecule has 0 aliphatic heterocycles. The summed E-state index contributed by atoms with van der Waals surface area (Å²) in [5.41, 5.74) is -0.0536. The van der Waals surface area contributed by atoms with Crippen molar-refractivity contribution < 1.29 is 38.5 Å². The van der Waals surface area contributed by atoms with Crippen LogP contribution in [0.2, 0.25) is 0 Å². The molecule has 0 saturated heterocycles. The van der Waals surface area contributed by atoms with Gasteiger partial charge in [0.05, 0.1) is 11.1 Å². The lowest BCUT2D eigenvalue weighted by Gasteiger charge is -2.18. The van der Waals surface area contributed by atoms with Crippen LogP contribution in [0.1, 0.15) is 47.4 Å². The molecule has 156 valence electrons. The Kier molecular flexibility index (Phi) is 9.47. The van der Waals surface area contributed by atoms with E-state index in [1.807, 2.05) is 0 Å². The maximum atomic E-state index is 12.4. The minimum Gasteiger partial charge on any atom is -0.458 e. The number of carbonyl (C=O) groups excluding carboxylic acids is 4. The lowest BCUT2D eigenvalue weighted by molar-refractivity contribution is -0.147. The Bertz CT molecular complexity index is 809. The highest BCUT2D eigenvalue weighted by Crippen LogP contribution is 2.14. The van der Waals surface area contributed by atoms with Gasteiger partial charge in [0.1, 0.15) is 12.7 Å². The Morgan fingerprint density at radius 2 is 1.52 bits per heavy atom. The Morgan fingerprint density at radius 3 is 2.03 bits per heavy atom. The van der Waals surface area contributed by atoms with E-state index in [0.717, 1.165) is 0 Å². The summed E-state index contributed by atoms with van der Waals surface area (Å²) in [5.74, 6) is -3.43. The zero-order valence-electron chi connectivity index (χ0n) is 16.4. The standard InChI is InChI=1S/C21H24O8/c1-13(2)18(23)28-15(8-7-11-22)12-27-20(25)16-9-5-6-10-17(16)21(26)29-19(24)14(3)4/h5-6,9-10,15,22H,1,3,7-8,11-12H2,2,4H3. The highest BCUT2D eigenvalue weighted by molar-refractivity contribution is 6.07. The van der Waals surface area contributed by atoms with Crippen LogP contribution in [0.3, 0.4) is 0 Å². The predicted octanol–water partition coefficient (Wildman–Crippen LogP) is 2.36. The van der Waals surface area contributed by atoms with E-state index in [2.05, 4.69) is 17.9 Å². The van der Waals surface area contributed by atoms with Crippen LogP contribution in [0, 0.1) is 0 Å². The van der Waals surface area contributed by atoms with E-state index in [-0.39, 0.29) is 41.9 Å². The fourth-order valence-electron chi connectivity index (χ4n) is 2.06.